The molecule has 3 aromatic rings. The Balaban J connectivity index is 1.60. The van der Waals surface area contributed by atoms with Crippen LogP contribution in [0.4, 0.5) is 19.0 Å². The predicted molar refractivity (Wildman–Crippen MR) is 121 cm³/mol. The van der Waals surface area contributed by atoms with Gasteiger partial charge in [-0.3, -0.25) is 4.79 Å². The van der Waals surface area contributed by atoms with Crippen LogP contribution in [0.1, 0.15) is 67.2 Å². The summed E-state index contributed by atoms with van der Waals surface area (Å²) in [7, 11) is 0. The van der Waals surface area contributed by atoms with Gasteiger partial charge in [0.1, 0.15) is 11.4 Å². The van der Waals surface area contributed by atoms with E-state index in [1.807, 2.05) is 35.0 Å². The molecule has 33 heavy (non-hydrogen) atoms. The molecule has 0 fully saturated rings. The maximum Gasteiger partial charge on any atom is 0.416 e. The standard InChI is InChI=1S/C25H27F3N4O/c1-23(2)14-20(16-8-6-5-7-9-16)30-21-19(15-29-32(21)23)22(33)31-24(3,4)17-10-12-18(13-11-17)25(26,27)28/h5-13,15,20,30H,14H2,1-4H3,(H,31,33). The van der Waals surface area contributed by atoms with Crippen LogP contribution in [-0.4, -0.2) is 15.7 Å². The lowest BCUT2D eigenvalue weighted by Crippen LogP contribution is -2.42. The Kier molecular flexibility index (Phi) is 5.50. The van der Waals surface area contributed by atoms with E-state index in [4.69, 9.17) is 0 Å². The predicted octanol–water partition coefficient (Wildman–Crippen LogP) is 5.86. The number of benzene rings is 2. The molecule has 0 radical (unpaired) electrons. The summed E-state index contributed by atoms with van der Waals surface area (Å²) in [6.07, 6.45) is -2.07. The smallest absolute Gasteiger partial charge is 0.363 e. The van der Waals surface area contributed by atoms with Crippen LogP contribution in [-0.2, 0) is 17.3 Å². The number of nitrogens with one attached hydrogen (secondary N) is 2. The van der Waals surface area contributed by atoms with Gasteiger partial charge in [0.2, 0.25) is 0 Å². The van der Waals surface area contributed by atoms with Gasteiger partial charge in [0.05, 0.1) is 28.9 Å². The molecule has 1 unspecified atom stereocenters. The molecule has 8 heteroatoms. The van der Waals surface area contributed by atoms with Crippen molar-refractivity contribution in [3.63, 3.8) is 0 Å². The molecular formula is C25H27F3N4O. The van der Waals surface area contributed by atoms with Gasteiger partial charge in [-0.15, -0.1) is 0 Å². The molecule has 2 aromatic carbocycles. The first-order valence-corrected chi connectivity index (χ1v) is 10.8. The third kappa shape index (κ3) is 4.47. The number of halogens is 3. The van der Waals surface area contributed by atoms with Crippen LogP contribution in [0.25, 0.3) is 0 Å². The van der Waals surface area contributed by atoms with Crippen LogP contribution in [0.5, 0.6) is 0 Å². The van der Waals surface area contributed by atoms with Gasteiger partial charge in [-0.05, 0) is 57.4 Å². The summed E-state index contributed by atoms with van der Waals surface area (Å²) in [5, 5.41) is 10.9. The Morgan fingerprint density at radius 2 is 1.67 bits per heavy atom. The summed E-state index contributed by atoms with van der Waals surface area (Å²) < 4.78 is 40.5. The van der Waals surface area contributed by atoms with Crippen LogP contribution in [0.15, 0.2) is 60.8 Å². The van der Waals surface area contributed by atoms with E-state index in [2.05, 4.69) is 29.6 Å². The number of hydrogen-bond acceptors (Lipinski definition) is 3. The highest BCUT2D eigenvalue weighted by atomic mass is 19.4. The van der Waals surface area contributed by atoms with Crippen molar-refractivity contribution < 1.29 is 18.0 Å². The van der Waals surface area contributed by atoms with Gasteiger partial charge in [-0.2, -0.15) is 18.3 Å². The number of alkyl halides is 3. The van der Waals surface area contributed by atoms with Crippen molar-refractivity contribution in [2.24, 2.45) is 0 Å². The molecule has 1 amide bonds. The maximum absolute atomic E-state index is 13.3. The van der Waals surface area contributed by atoms with Crippen LogP contribution in [0, 0.1) is 0 Å². The largest absolute Gasteiger partial charge is 0.416 e. The lowest BCUT2D eigenvalue weighted by Gasteiger charge is -2.38. The molecule has 1 atom stereocenters. The normalized spacial score (nSPS) is 17.7. The summed E-state index contributed by atoms with van der Waals surface area (Å²) in [6, 6.07) is 14.9. The van der Waals surface area contributed by atoms with E-state index in [1.165, 1.54) is 18.3 Å². The topological polar surface area (TPSA) is 59.0 Å². The second-order valence-electron chi connectivity index (χ2n) is 9.60. The van der Waals surface area contributed by atoms with Gasteiger partial charge in [0.15, 0.2) is 0 Å². The number of anilines is 1. The van der Waals surface area contributed by atoms with E-state index < -0.39 is 17.3 Å². The lowest BCUT2D eigenvalue weighted by molar-refractivity contribution is -0.137. The zero-order valence-electron chi connectivity index (χ0n) is 19.0. The van der Waals surface area contributed by atoms with Crippen LogP contribution >= 0.6 is 0 Å². The molecule has 1 aliphatic rings. The van der Waals surface area contributed by atoms with E-state index in [0.717, 1.165) is 24.1 Å². The van der Waals surface area contributed by atoms with Gasteiger partial charge in [-0.25, -0.2) is 4.68 Å². The van der Waals surface area contributed by atoms with Crippen molar-refractivity contribution in [3.8, 4) is 0 Å². The molecule has 4 rings (SSSR count). The molecule has 0 saturated carbocycles. The highest BCUT2D eigenvalue weighted by molar-refractivity contribution is 5.99. The fourth-order valence-corrected chi connectivity index (χ4v) is 4.30. The summed E-state index contributed by atoms with van der Waals surface area (Å²) in [6.45, 7) is 7.67. The number of amides is 1. The maximum atomic E-state index is 13.3. The molecular weight excluding hydrogens is 429 g/mol. The number of carbonyl (C=O) groups is 1. The summed E-state index contributed by atoms with van der Waals surface area (Å²) in [5.41, 5.74) is 0.151. The molecule has 0 saturated heterocycles. The van der Waals surface area contributed by atoms with Crippen molar-refractivity contribution in [2.75, 3.05) is 5.32 Å². The van der Waals surface area contributed by atoms with E-state index >= 15 is 0 Å². The number of carbonyl (C=O) groups excluding carboxylic acids is 1. The Hall–Kier alpha value is -3.29. The summed E-state index contributed by atoms with van der Waals surface area (Å²) in [5.74, 6) is 0.277. The first-order valence-electron chi connectivity index (χ1n) is 10.8. The molecule has 0 aliphatic carbocycles. The fraction of sp³-hybridized carbons (Fsp3) is 0.360. The molecule has 174 valence electrons. The van der Waals surface area contributed by atoms with Gasteiger partial charge in [-0.1, -0.05) is 42.5 Å². The first-order chi connectivity index (χ1) is 15.4. The highest BCUT2D eigenvalue weighted by Gasteiger charge is 2.37. The second kappa shape index (κ2) is 7.93. The molecule has 2 N–H and O–H groups in total. The van der Waals surface area contributed by atoms with Crippen LogP contribution in [0.2, 0.25) is 0 Å². The molecule has 0 spiro atoms. The van der Waals surface area contributed by atoms with Gasteiger partial charge >= 0.3 is 6.18 Å². The minimum atomic E-state index is -4.41. The third-order valence-electron chi connectivity index (χ3n) is 6.16. The van der Waals surface area contributed by atoms with Crippen molar-refractivity contribution >= 4 is 11.7 Å². The second-order valence-corrected chi connectivity index (χ2v) is 9.60. The third-order valence-corrected chi connectivity index (χ3v) is 6.16. The van der Waals surface area contributed by atoms with Crippen LogP contribution in [0.3, 0.4) is 0 Å². The Labute approximate surface area is 191 Å². The highest BCUT2D eigenvalue weighted by Crippen LogP contribution is 2.40. The average Bonchev–Trinajstić information content (AvgIpc) is 3.18. The van der Waals surface area contributed by atoms with Crippen LogP contribution < -0.4 is 10.6 Å². The van der Waals surface area contributed by atoms with Crippen molar-refractivity contribution in [2.45, 2.75) is 57.4 Å². The number of hydrogen-bond donors (Lipinski definition) is 2. The SMILES string of the molecule is CC(C)(NC(=O)c1cnn2c1NC(c1ccccc1)CC2(C)C)c1ccc(C(F)(F)F)cc1. The summed E-state index contributed by atoms with van der Waals surface area (Å²) >= 11 is 0. The monoisotopic (exact) mass is 456 g/mol. The molecule has 2 heterocycles. The fourth-order valence-electron chi connectivity index (χ4n) is 4.30. The van der Waals surface area contributed by atoms with E-state index in [1.54, 1.807) is 13.8 Å². The molecule has 1 aromatic heterocycles. The van der Waals surface area contributed by atoms with Crippen molar-refractivity contribution in [1.29, 1.82) is 0 Å². The van der Waals surface area contributed by atoms with Gasteiger partial charge in [0, 0.05) is 0 Å². The number of fused-ring (bicyclic) bond motifs is 1. The molecule has 0 bridgehead atoms. The molecule has 5 nitrogen and oxygen atoms in total. The Morgan fingerprint density at radius 3 is 2.27 bits per heavy atom. The summed E-state index contributed by atoms with van der Waals surface area (Å²) in [4.78, 5) is 13.3. The number of aromatic nitrogens is 2. The average molecular weight is 457 g/mol. The molecule has 1 aliphatic heterocycles. The van der Waals surface area contributed by atoms with E-state index in [-0.39, 0.29) is 17.5 Å². The van der Waals surface area contributed by atoms with E-state index in [9.17, 15) is 18.0 Å². The number of rotatable bonds is 4. The van der Waals surface area contributed by atoms with Crippen molar-refractivity contribution in [3.05, 3.63) is 83.0 Å². The van der Waals surface area contributed by atoms with Gasteiger partial charge < -0.3 is 10.6 Å². The Morgan fingerprint density at radius 1 is 1.06 bits per heavy atom. The van der Waals surface area contributed by atoms with E-state index in [0.29, 0.717) is 16.9 Å². The number of nitrogens with zero attached hydrogens (tertiary/aromatic N) is 2. The zero-order chi connectivity index (χ0) is 24.0. The zero-order valence-corrected chi connectivity index (χ0v) is 19.0. The quantitative estimate of drug-likeness (QED) is 0.517. The van der Waals surface area contributed by atoms with Crippen molar-refractivity contribution in [1.82, 2.24) is 15.1 Å². The van der Waals surface area contributed by atoms with Gasteiger partial charge in [0.25, 0.3) is 5.91 Å². The first kappa shape index (κ1) is 22.9. The lowest BCUT2D eigenvalue weighted by atomic mass is 9.89. The minimum Gasteiger partial charge on any atom is -0.363 e. The minimum absolute atomic E-state index is 0.0138. The Bertz CT molecular complexity index is 1150.